The Hall–Kier alpha value is -2.58. The molecule has 7 nitrogen and oxygen atoms in total. The molecule has 2 amide bonds. The number of halogens is 1. The molecule has 0 heterocycles. The summed E-state index contributed by atoms with van der Waals surface area (Å²) in [6, 6.07) is 12.8. The smallest absolute Gasteiger partial charge is 0.252 e. The Balaban J connectivity index is 1.92. The highest BCUT2D eigenvalue weighted by atomic mass is 35.5. The molecule has 0 fully saturated rings. The van der Waals surface area contributed by atoms with Gasteiger partial charge in [-0.15, -0.1) is 0 Å². The van der Waals surface area contributed by atoms with Crippen LogP contribution in [0.2, 0.25) is 5.02 Å². The third-order valence-electron chi connectivity index (χ3n) is 3.23. The maximum absolute atomic E-state index is 12.1. The van der Waals surface area contributed by atoms with E-state index in [1.54, 1.807) is 42.5 Å². The van der Waals surface area contributed by atoms with Gasteiger partial charge in [0.05, 0.1) is 22.0 Å². The highest BCUT2D eigenvalue weighted by molar-refractivity contribution is 7.92. The Morgan fingerprint density at radius 1 is 1.04 bits per heavy atom. The van der Waals surface area contributed by atoms with Crippen LogP contribution in [0.1, 0.15) is 17.3 Å². The molecule has 0 bridgehead atoms. The van der Waals surface area contributed by atoms with Crippen molar-refractivity contribution in [3.8, 4) is 0 Å². The van der Waals surface area contributed by atoms with Gasteiger partial charge in [-0.3, -0.25) is 14.3 Å². The molecule has 0 aromatic heterocycles. The summed E-state index contributed by atoms with van der Waals surface area (Å²) >= 11 is 5.92. The predicted molar refractivity (Wildman–Crippen MR) is 102 cm³/mol. The van der Waals surface area contributed by atoms with Crippen molar-refractivity contribution in [3.05, 3.63) is 59.1 Å². The Bertz CT molecular complexity index is 916. The van der Waals surface area contributed by atoms with Crippen LogP contribution in [0.3, 0.4) is 0 Å². The summed E-state index contributed by atoms with van der Waals surface area (Å²) < 4.78 is 26.7. The van der Waals surface area contributed by atoms with Gasteiger partial charge in [-0.25, -0.2) is 8.42 Å². The second-order valence-electron chi connectivity index (χ2n) is 5.42. The summed E-state index contributed by atoms with van der Waals surface area (Å²) in [4.78, 5) is 23.1. The van der Waals surface area contributed by atoms with Crippen LogP contribution < -0.4 is 15.4 Å². The number of anilines is 2. The molecule has 0 spiro atoms. The summed E-state index contributed by atoms with van der Waals surface area (Å²) in [6.07, 6.45) is 0. The van der Waals surface area contributed by atoms with E-state index >= 15 is 0 Å². The van der Waals surface area contributed by atoms with E-state index in [1.807, 2.05) is 0 Å². The van der Waals surface area contributed by atoms with E-state index in [1.165, 1.54) is 13.0 Å². The number of amides is 2. The molecule has 0 aliphatic carbocycles. The molecular formula is C17H18ClN3O4S. The third-order valence-corrected chi connectivity index (χ3v) is 4.85. The Morgan fingerprint density at radius 2 is 1.73 bits per heavy atom. The van der Waals surface area contributed by atoms with Crippen molar-refractivity contribution in [3.63, 3.8) is 0 Å². The molecule has 9 heteroatoms. The second-order valence-corrected chi connectivity index (χ2v) is 7.67. The van der Waals surface area contributed by atoms with Crippen LogP contribution in [-0.2, 0) is 14.8 Å². The van der Waals surface area contributed by atoms with Crippen LogP contribution in [0.25, 0.3) is 0 Å². The number of sulfonamides is 1. The van der Waals surface area contributed by atoms with E-state index < -0.39 is 15.9 Å². The minimum atomic E-state index is -3.68. The summed E-state index contributed by atoms with van der Waals surface area (Å²) in [7, 11) is -3.68. The fourth-order valence-corrected chi connectivity index (χ4v) is 3.31. The molecule has 138 valence electrons. The molecule has 0 saturated carbocycles. The number of hydrogen-bond acceptors (Lipinski definition) is 4. The van der Waals surface area contributed by atoms with Crippen LogP contribution in [-0.4, -0.2) is 32.5 Å². The summed E-state index contributed by atoms with van der Waals surface area (Å²) in [5, 5.41) is 5.38. The molecule has 0 aliphatic heterocycles. The largest absolute Gasteiger partial charge is 0.351 e. The first-order valence-electron chi connectivity index (χ1n) is 7.68. The Labute approximate surface area is 156 Å². The van der Waals surface area contributed by atoms with Crippen LogP contribution in [0.15, 0.2) is 48.5 Å². The first kappa shape index (κ1) is 19.7. The molecule has 0 aliphatic rings. The normalized spacial score (nSPS) is 10.8. The highest BCUT2D eigenvalue weighted by Gasteiger charge is 2.13. The van der Waals surface area contributed by atoms with Gasteiger partial charge in [-0.1, -0.05) is 29.8 Å². The Kier molecular flexibility index (Phi) is 6.59. The summed E-state index contributed by atoms with van der Waals surface area (Å²) in [5.74, 6) is -1.01. The standard InChI is InChI=1S/C17H18ClN3O4S/c1-12(22)20-13-5-4-6-14(11-13)21-26(24,25)10-9-19-17(23)15-7-2-3-8-16(15)18/h2-8,11,21H,9-10H2,1H3,(H,19,23)(H,20,22). The van der Waals surface area contributed by atoms with Crippen molar-refractivity contribution in [1.29, 1.82) is 0 Å². The zero-order valence-electron chi connectivity index (χ0n) is 14.0. The lowest BCUT2D eigenvalue weighted by Crippen LogP contribution is -2.31. The van der Waals surface area contributed by atoms with E-state index in [2.05, 4.69) is 15.4 Å². The maximum Gasteiger partial charge on any atom is 0.252 e. The second kappa shape index (κ2) is 8.68. The molecule has 3 N–H and O–H groups in total. The minimum Gasteiger partial charge on any atom is -0.351 e. The molecule has 0 saturated heterocycles. The average Bonchev–Trinajstić information content (AvgIpc) is 2.54. The number of carbonyl (C=O) groups is 2. The first-order chi connectivity index (χ1) is 12.3. The van der Waals surface area contributed by atoms with Crippen LogP contribution >= 0.6 is 11.6 Å². The van der Waals surface area contributed by atoms with Crippen molar-refractivity contribution in [2.24, 2.45) is 0 Å². The minimum absolute atomic E-state index is 0.0786. The topological polar surface area (TPSA) is 104 Å². The van der Waals surface area contributed by atoms with Gasteiger partial charge in [-0.2, -0.15) is 0 Å². The number of hydrogen-bond donors (Lipinski definition) is 3. The summed E-state index contributed by atoms with van der Waals surface area (Å²) in [6.45, 7) is 1.28. The van der Waals surface area contributed by atoms with Crippen molar-refractivity contribution < 1.29 is 18.0 Å². The van der Waals surface area contributed by atoms with Crippen LogP contribution in [0.4, 0.5) is 11.4 Å². The molecule has 26 heavy (non-hydrogen) atoms. The van der Waals surface area contributed by atoms with Gasteiger partial charge in [0, 0.05) is 19.2 Å². The van der Waals surface area contributed by atoms with E-state index in [-0.39, 0.29) is 23.8 Å². The van der Waals surface area contributed by atoms with Crippen molar-refractivity contribution >= 4 is 44.8 Å². The maximum atomic E-state index is 12.1. The lowest BCUT2D eigenvalue weighted by Gasteiger charge is -2.11. The van der Waals surface area contributed by atoms with Gasteiger partial charge in [0.15, 0.2) is 0 Å². The quantitative estimate of drug-likeness (QED) is 0.669. The van der Waals surface area contributed by atoms with Crippen molar-refractivity contribution in [2.45, 2.75) is 6.92 Å². The van der Waals surface area contributed by atoms with E-state index in [0.29, 0.717) is 16.4 Å². The summed E-state index contributed by atoms with van der Waals surface area (Å²) in [5.41, 5.74) is 1.07. The molecule has 2 rings (SSSR count). The Morgan fingerprint density at radius 3 is 2.42 bits per heavy atom. The van der Waals surface area contributed by atoms with Gasteiger partial charge < -0.3 is 10.6 Å². The zero-order chi connectivity index (χ0) is 19.2. The third kappa shape index (κ3) is 6.05. The van der Waals surface area contributed by atoms with E-state index in [0.717, 1.165) is 0 Å². The fraction of sp³-hybridized carbons (Fsp3) is 0.176. The molecule has 2 aromatic rings. The molecule has 0 radical (unpaired) electrons. The molecule has 0 atom stereocenters. The molecule has 0 unspecified atom stereocenters. The number of benzene rings is 2. The SMILES string of the molecule is CC(=O)Nc1cccc(NS(=O)(=O)CCNC(=O)c2ccccc2Cl)c1. The lowest BCUT2D eigenvalue weighted by atomic mass is 10.2. The number of rotatable bonds is 7. The van der Waals surface area contributed by atoms with Crippen LogP contribution in [0, 0.1) is 0 Å². The number of carbonyl (C=O) groups excluding carboxylic acids is 2. The predicted octanol–water partition coefficient (Wildman–Crippen LogP) is 2.47. The lowest BCUT2D eigenvalue weighted by molar-refractivity contribution is -0.114. The van der Waals surface area contributed by atoms with Gasteiger partial charge >= 0.3 is 0 Å². The van der Waals surface area contributed by atoms with Crippen LogP contribution in [0.5, 0.6) is 0 Å². The first-order valence-corrected chi connectivity index (χ1v) is 9.71. The van der Waals surface area contributed by atoms with Crippen molar-refractivity contribution in [2.75, 3.05) is 22.3 Å². The van der Waals surface area contributed by atoms with Gasteiger partial charge in [0.25, 0.3) is 5.91 Å². The van der Waals surface area contributed by atoms with Gasteiger partial charge in [-0.05, 0) is 30.3 Å². The highest BCUT2D eigenvalue weighted by Crippen LogP contribution is 2.17. The van der Waals surface area contributed by atoms with Gasteiger partial charge in [0.1, 0.15) is 0 Å². The monoisotopic (exact) mass is 395 g/mol. The van der Waals surface area contributed by atoms with Gasteiger partial charge in [0.2, 0.25) is 15.9 Å². The van der Waals surface area contributed by atoms with E-state index in [9.17, 15) is 18.0 Å². The van der Waals surface area contributed by atoms with Crippen molar-refractivity contribution in [1.82, 2.24) is 5.32 Å². The fourth-order valence-electron chi connectivity index (χ4n) is 2.13. The van der Waals surface area contributed by atoms with E-state index in [4.69, 9.17) is 11.6 Å². The molecule has 2 aromatic carbocycles. The number of nitrogens with one attached hydrogen (secondary N) is 3. The zero-order valence-corrected chi connectivity index (χ0v) is 15.5. The average molecular weight is 396 g/mol. The molecular weight excluding hydrogens is 378 g/mol.